The zero-order valence-corrected chi connectivity index (χ0v) is 15.8. The minimum Gasteiger partial charge on any atom is -0.379 e. The molecule has 1 aromatic rings. The van der Waals surface area contributed by atoms with E-state index in [0.717, 1.165) is 32.7 Å². The van der Waals surface area contributed by atoms with Crippen LogP contribution in [0.4, 0.5) is 0 Å². The van der Waals surface area contributed by atoms with E-state index in [0.29, 0.717) is 19.5 Å². The van der Waals surface area contributed by atoms with Crippen LogP contribution in [0, 0.1) is 6.92 Å². The summed E-state index contributed by atoms with van der Waals surface area (Å²) in [6.07, 6.45) is 1.23. The molecule has 1 saturated heterocycles. The van der Waals surface area contributed by atoms with Crippen LogP contribution >= 0.6 is 24.8 Å². The fourth-order valence-corrected chi connectivity index (χ4v) is 2.79. The third kappa shape index (κ3) is 7.36. The lowest BCUT2D eigenvalue weighted by Crippen LogP contribution is -2.43. The van der Waals surface area contributed by atoms with Crippen molar-refractivity contribution in [3.05, 3.63) is 35.4 Å². The number of hydrogen-bond acceptors (Lipinski definition) is 4. The van der Waals surface area contributed by atoms with E-state index in [1.54, 1.807) is 0 Å². The SMILES string of the molecule is Cc1cccc(C(CNC(=O)CCCN)N2CCOCC2)c1.Cl.Cl. The number of carbonyl (C=O) groups is 1. The average molecular weight is 378 g/mol. The van der Waals surface area contributed by atoms with Crippen molar-refractivity contribution in [2.24, 2.45) is 5.73 Å². The first-order valence-corrected chi connectivity index (χ1v) is 8.06. The Morgan fingerprint density at radius 3 is 2.67 bits per heavy atom. The quantitative estimate of drug-likeness (QED) is 0.762. The van der Waals surface area contributed by atoms with Gasteiger partial charge in [0.05, 0.1) is 19.3 Å². The molecule has 2 rings (SSSR count). The fraction of sp³-hybridized carbons (Fsp3) is 0.588. The lowest BCUT2D eigenvalue weighted by Gasteiger charge is -2.35. The summed E-state index contributed by atoms with van der Waals surface area (Å²) in [5.41, 5.74) is 7.95. The highest BCUT2D eigenvalue weighted by molar-refractivity contribution is 5.85. The van der Waals surface area contributed by atoms with Gasteiger partial charge in [0.1, 0.15) is 0 Å². The number of nitrogens with one attached hydrogen (secondary N) is 1. The molecule has 1 aliphatic heterocycles. The van der Waals surface area contributed by atoms with Gasteiger partial charge < -0.3 is 15.8 Å². The highest BCUT2D eigenvalue weighted by Crippen LogP contribution is 2.22. The summed E-state index contributed by atoms with van der Waals surface area (Å²) < 4.78 is 5.45. The van der Waals surface area contributed by atoms with Crippen molar-refractivity contribution in [3.8, 4) is 0 Å². The van der Waals surface area contributed by atoms with Gasteiger partial charge in [0.15, 0.2) is 0 Å². The van der Waals surface area contributed by atoms with Gasteiger partial charge in [-0.2, -0.15) is 0 Å². The van der Waals surface area contributed by atoms with Crippen LogP contribution in [-0.2, 0) is 9.53 Å². The number of nitrogens with zero attached hydrogens (tertiary/aromatic N) is 1. The normalized spacial score (nSPS) is 15.8. The van der Waals surface area contributed by atoms with Gasteiger partial charge in [-0.15, -0.1) is 24.8 Å². The molecule has 0 aromatic heterocycles. The molecule has 24 heavy (non-hydrogen) atoms. The van der Waals surface area contributed by atoms with E-state index in [2.05, 4.69) is 41.4 Å². The lowest BCUT2D eigenvalue weighted by atomic mass is 10.0. The predicted molar refractivity (Wildman–Crippen MR) is 102 cm³/mol. The van der Waals surface area contributed by atoms with Crippen molar-refractivity contribution in [2.45, 2.75) is 25.8 Å². The molecule has 7 heteroatoms. The molecule has 1 unspecified atom stereocenters. The van der Waals surface area contributed by atoms with Crippen molar-refractivity contribution >= 4 is 30.7 Å². The molecule has 1 amide bonds. The van der Waals surface area contributed by atoms with Gasteiger partial charge >= 0.3 is 0 Å². The monoisotopic (exact) mass is 377 g/mol. The van der Waals surface area contributed by atoms with E-state index >= 15 is 0 Å². The third-order valence-corrected chi connectivity index (χ3v) is 4.01. The van der Waals surface area contributed by atoms with Crippen LogP contribution in [0.25, 0.3) is 0 Å². The molecule has 1 heterocycles. The van der Waals surface area contributed by atoms with E-state index < -0.39 is 0 Å². The first-order chi connectivity index (χ1) is 10.7. The molecule has 1 fully saturated rings. The number of carbonyl (C=O) groups excluding carboxylic acids is 1. The highest BCUT2D eigenvalue weighted by atomic mass is 35.5. The predicted octanol–water partition coefficient (Wildman–Crippen LogP) is 2.07. The Hall–Kier alpha value is -0.850. The number of ether oxygens (including phenoxy) is 1. The molecule has 1 aliphatic rings. The second-order valence-corrected chi connectivity index (χ2v) is 5.77. The fourth-order valence-electron chi connectivity index (χ4n) is 2.79. The molecule has 1 aromatic carbocycles. The van der Waals surface area contributed by atoms with Crippen LogP contribution in [0.5, 0.6) is 0 Å². The smallest absolute Gasteiger partial charge is 0.220 e. The Morgan fingerprint density at radius 2 is 2.04 bits per heavy atom. The molecular weight excluding hydrogens is 349 g/mol. The van der Waals surface area contributed by atoms with Gasteiger partial charge in [-0.25, -0.2) is 0 Å². The van der Waals surface area contributed by atoms with Crippen molar-refractivity contribution in [1.82, 2.24) is 10.2 Å². The van der Waals surface area contributed by atoms with E-state index in [4.69, 9.17) is 10.5 Å². The number of rotatable bonds is 7. The molecule has 0 spiro atoms. The van der Waals surface area contributed by atoms with Crippen LogP contribution < -0.4 is 11.1 Å². The Labute approximate surface area is 157 Å². The molecule has 3 N–H and O–H groups in total. The van der Waals surface area contributed by atoms with Crippen LogP contribution in [-0.4, -0.2) is 50.2 Å². The number of hydrogen-bond donors (Lipinski definition) is 2. The minimum atomic E-state index is 0. The molecule has 0 saturated carbocycles. The summed E-state index contributed by atoms with van der Waals surface area (Å²) in [6.45, 7) is 6.59. The number of halogens is 2. The van der Waals surface area contributed by atoms with E-state index in [1.807, 2.05) is 0 Å². The van der Waals surface area contributed by atoms with Crippen molar-refractivity contribution < 1.29 is 9.53 Å². The maximum Gasteiger partial charge on any atom is 0.220 e. The summed E-state index contributed by atoms with van der Waals surface area (Å²) in [4.78, 5) is 14.3. The van der Waals surface area contributed by atoms with Gasteiger partial charge in [-0.3, -0.25) is 9.69 Å². The minimum absolute atomic E-state index is 0. The van der Waals surface area contributed by atoms with Crippen LogP contribution in [0.15, 0.2) is 24.3 Å². The summed E-state index contributed by atoms with van der Waals surface area (Å²) >= 11 is 0. The maximum atomic E-state index is 11.9. The number of nitrogens with two attached hydrogens (primary N) is 1. The lowest BCUT2D eigenvalue weighted by molar-refractivity contribution is -0.121. The van der Waals surface area contributed by atoms with Crippen LogP contribution in [0.2, 0.25) is 0 Å². The van der Waals surface area contributed by atoms with E-state index in [1.165, 1.54) is 11.1 Å². The summed E-state index contributed by atoms with van der Waals surface area (Å²) in [6, 6.07) is 8.71. The molecule has 0 bridgehead atoms. The van der Waals surface area contributed by atoms with Crippen LogP contribution in [0.3, 0.4) is 0 Å². The van der Waals surface area contributed by atoms with Crippen molar-refractivity contribution in [3.63, 3.8) is 0 Å². The standard InChI is InChI=1S/C17H27N3O2.2ClH/c1-14-4-2-5-15(12-14)16(20-8-10-22-11-9-20)13-19-17(21)6-3-7-18;;/h2,4-5,12,16H,3,6-11,13,18H2,1H3,(H,19,21);2*1H. The van der Waals surface area contributed by atoms with Gasteiger partial charge in [-0.1, -0.05) is 29.8 Å². The summed E-state index contributed by atoms with van der Waals surface area (Å²) in [5, 5.41) is 3.06. The summed E-state index contributed by atoms with van der Waals surface area (Å²) in [5.74, 6) is 0.0800. The Morgan fingerprint density at radius 1 is 1.33 bits per heavy atom. The Kier molecular flexibility index (Phi) is 12.1. The van der Waals surface area contributed by atoms with E-state index in [9.17, 15) is 4.79 Å². The third-order valence-electron chi connectivity index (χ3n) is 4.01. The number of aryl methyl sites for hydroxylation is 1. The van der Waals surface area contributed by atoms with Crippen molar-refractivity contribution in [2.75, 3.05) is 39.4 Å². The number of amides is 1. The first-order valence-electron chi connectivity index (χ1n) is 8.06. The van der Waals surface area contributed by atoms with Gasteiger partial charge in [0.2, 0.25) is 5.91 Å². The van der Waals surface area contributed by atoms with Crippen molar-refractivity contribution in [1.29, 1.82) is 0 Å². The topological polar surface area (TPSA) is 67.6 Å². The molecule has 0 radical (unpaired) electrons. The molecular formula is C17H29Cl2N3O2. The van der Waals surface area contributed by atoms with E-state index in [-0.39, 0.29) is 36.8 Å². The van der Waals surface area contributed by atoms with Gasteiger partial charge in [0, 0.05) is 26.1 Å². The number of benzene rings is 1. The number of morpholine rings is 1. The molecule has 138 valence electrons. The summed E-state index contributed by atoms with van der Waals surface area (Å²) in [7, 11) is 0. The highest BCUT2D eigenvalue weighted by Gasteiger charge is 2.23. The second-order valence-electron chi connectivity index (χ2n) is 5.77. The largest absolute Gasteiger partial charge is 0.379 e. The maximum absolute atomic E-state index is 11.9. The Balaban J connectivity index is 0.00000264. The van der Waals surface area contributed by atoms with Crippen LogP contribution in [0.1, 0.15) is 30.0 Å². The first kappa shape index (κ1) is 23.1. The molecule has 0 aliphatic carbocycles. The molecule has 5 nitrogen and oxygen atoms in total. The second kappa shape index (κ2) is 12.5. The van der Waals surface area contributed by atoms with Gasteiger partial charge in [0.25, 0.3) is 0 Å². The Bertz CT molecular complexity index is 483. The van der Waals surface area contributed by atoms with Gasteiger partial charge in [-0.05, 0) is 25.5 Å². The molecule has 1 atom stereocenters. The average Bonchev–Trinajstić information content (AvgIpc) is 2.54. The zero-order valence-electron chi connectivity index (χ0n) is 14.2. The zero-order chi connectivity index (χ0) is 15.8.